The number of amides is 1. The minimum atomic E-state index is -4.43. The first-order valence-electron chi connectivity index (χ1n) is 5.79. The van der Waals surface area contributed by atoms with Gasteiger partial charge in [-0.3, -0.25) is 4.79 Å². The van der Waals surface area contributed by atoms with Gasteiger partial charge < -0.3 is 9.64 Å². The van der Waals surface area contributed by atoms with Gasteiger partial charge in [-0.15, -0.1) is 11.6 Å². The molecular formula is C13H15ClF3NO2. The number of benzene rings is 1. The second kappa shape index (κ2) is 6.95. The molecule has 0 aliphatic rings. The Morgan fingerprint density at radius 1 is 1.45 bits per heavy atom. The predicted molar refractivity (Wildman–Crippen MR) is 69.6 cm³/mol. The van der Waals surface area contributed by atoms with Gasteiger partial charge in [0.05, 0.1) is 18.2 Å². The molecule has 0 spiro atoms. The SMILES string of the molecule is COCC(c1cccc(C(F)(F)F)c1)N(C)C(=O)CCl. The molecule has 0 radical (unpaired) electrons. The van der Waals surface area contributed by atoms with Gasteiger partial charge in [-0.25, -0.2) is 0 Å². The van der Waals surface area contributed by atoms with Crippen LogP contribution in [0, 0.1) is 0 Å². The molecular weight excluding hydrogens is 295 g/mol. The molecule has 0 N–H and O–H groups in total. The second-order valence-corrected chi connectivity index (χ2v) is 4.50. The number of alkyl halides is 4. The average molecular weight is 310 g/mol. The average Bonchev–Trinajstić information content (AvgIpc) is 2.42. The fourth-order valence-corrected chi connectivity index (χ4v) is 1.97. The number of carbonyl (C=O) groups excluding carboxylic acids is 1. The van der Waals surface area contributed by atoms with Gasteiger partial charge in [-0.1, -0.05) is 12.1 Å². The molecule has 0 aromatic heterocycles. The molecule has 1 rings (SSSR count). The largest absolute Gasteiger partial charge is 0.416 e. The Bertz CT molecular complexity index is 465. The number of ether oxygens (including phenoxy) is 1. The third kappa shape index (κ3) is 4.11. The molecule has 1 aromatic rings. The summed E-state index contributed by atoms with van der Waals surface area (Å²) in [6.45, 7) is 0.0838. The summed E-state index contributed by atoms with van der Waals surface area (Å²) in [7, 11) is 2.90. The minimum absolute atomic E-state index is 0.0838. The van der Waals surface area contributed by atoms with Crippen LogP contribution in [-0.2, 0) is 15.7 Å². The third-order valence-corrected chi connectivity index (χ3v) is 3.13. The molecule has 20 heavy (non-hydrogen) atoms. The van der Waals surface area contributed by atoms with Crippen molar-refractivity contribution >= 4 is 17.5 Å². The molecule has 1 atom stereocenters. The highest BCUT2D eigenvalue weighted by atomic mass is 35.5. The Morgan fingerprint density at radius 3 is 2.60 bits per heavy atom. The summed E-state index contributed by atoms with van der Waals surface area (Å²) >= 11 is 5.47. The Kier molecular flexibility index (Phi) is 5.83. The molecule has 1 unspecified atom stereocenters. The van der Waals surface area contributed by atoms with E-state index >= 15 is 0 Å². The molecule has 0 fully saturated rings. The summed E-state index contributed by atoms with van der Waals surface area (Å²) < 4.78 is 43.1. The lowest BCUT2D eigenvalue weighted by atomic mass is 10.0. The minimum Gasteiger partial charge on any atom is -0.382 e. The molecule has 0 saturated carbocycles. The molecule has 1 aromatic carbocycles. The lowest BCUT2D eigenvalue weighted by molar-refractivity contribution is -0.137. The van der Waals surface area contributed by atoms with Crippen LogP contribution in [0.2, 0.25) is 0 Å². The van der Waals surface area contributed by atoms with E-state index in [2.05, 4.69) is 0 Å². The molecule has 0 aliphatic heterocycles. The van der Waals surface area contributed by atoms with Crippen molar-refractivity contribution in [3.63, 3.8) is 0 Å². The Labute approximate surface area is 120 Å². The van der Waals surface area contributed by atoms with Gasteiger partial charge >= 0.3 is 6.18 Å². The topological polar surface area (TPSA) is 29.5 Å². The van der Waals surface area contributed by atoms with Crippen molar-refractivity contribution < 1.29 is 22.7 Å². The Hall–Kier alpha value is -1.27. The van der Waals surface area contributed by atoms with Gasteiger partial charge in [0.25, 0.3) is 0 Å². The maximum absolute atomic E-state index is 12.7. The van der Waals surface area contributed by atoms with Crippen molar-refractivity contribution in [1.82, 2.24) is 4.90 Å². The fraction of sp³-hybridized carbons (Fsp3) is 0.462. The van der Waals surface area contributed by atoms with Crippen molar-refractivity contribution in [3.05, 3.63) is 35.4 Å². The van der Waals surface area contributed by atoms with E-state index < -0.39 is 17.8 Å². The fourth-order valence-electron chi connectivity index (χ4n) is 1.78. The number of hydrogen-bond donors (Lipinski definition) is 0. The van der Waals surface area contributed by atoms with Crippen molar-refractivity contribution in [2.45, 2.75) is 12.2 Å². The standard InChI is InChI=1S/C13H15ClF3NO2/c1-18(12(19)7-14)11(8-20-2)9-4-3-5-10(6-9)13(15,16)17/h3-6,11H,7-8H2,1-2H3. The summed E-state index contributed by atoms with van der Waals surface area (Å²) in [4.78, 5) is 12.9. The van der Waals surface area contributed by atoms with Gasteiger partial charge in [0.2, 0.25) is 5.91 Å². The van der Waals surface area contributed by atoms with E-state index in [4.69, 9.17) is 16.3 Å². The Morgan fingerprint density at radius 2 is 2.10 bits per heavy atom. The van der Waals surface area contributed by atoms with E-state index in [9.17, 15) is 18.0 Å². The van der Waals surface area contributed by atoms with Crippen LogP contribution in [0.25, 0.3) is 0 Å². The second-order valence-electron chi connectivity index (χ2n) is 4.23. The van der Waals surface area contributed by atoms with Gasteiger partial charge in [-0.2, -0.15) is 13.2 Å². The van der Waals surface area contributed by atoms with E-state index in [1.165, 1.54) is 31.2 Å². The maximum atomic E-state index is 12.7. The first-order chi connectivity index (χ1) is 9.31. The summed E-state index contributed by atoms with van der Waals surface area (Å²) in [5, 5.41) is 0. The smallest absolute Gasteiger partial charge is 0.382 e. The van der Waals surface area contributed by atoms with E-state index in [1.54, 1.807) is 0 Å². The number of carbonyl (C=O) groups is 1. The highest BCUT2D eigenvalue weighted by Crippen LogP contribution is 2.31. The highest BCUT2D eigenvalue weighted by Gasteiger charge is 2.31. The summed E-state index contributed by atoms with van der Waals surface area (Å²) in [5.74, 6) is -0.624. The van der Waals surface area contributed by atoms with Gasteiger partial charge in [-0.05, 0) is 17.7 Å². The van der Waals surface area contributed by atoms with Gasteiger partial charge in [0.15, 0.2) is 0 Å². The van der Waals surface area contributed by atoms with Crippen LogP contribution in [0.3, 0.4) is 0 Å². The number of hydrogen-bond acceptors (Lipinski definition) is 2. The van der Waals surface area contributed by atoms with Crippen LogP contribution in [0.15, 0.2) is 24.3 Å². The first kappa shape index (κ1) is 16.8. The van der Waals surface area contributed by atoms with E-state index in [1.807, 2.05) is 0 Å². The highest BCUT2D eigenvalue weighted by molar-refractivity contribution is 6.27. The number of nitrogens with zero attached hydrogens (tertiary/aromatic N) is 1. The van der Waals surface area contributed by atoms with Crippen LogP contribution in [0.4, 0.5) is 13.2 Å². The number of methoxy groups -OCH3 is 1. The molecule has 112 valence electrons. The van der Waals surface area contributed by atoms with Crippen LogP contribution in [0.1, 0.15) is 17.2 Å². The van der Waals surface area contributed by atoms with E-state index in [0.717, 1.165) is 12.1 Å². The van der Waals surface area contributed by atoms with Crippen LogP contribution in [0.5, 0.6) is 0 Å². The summed E-state index contributed by atoms with van der Waals surface area (Å²) in [5.41, 5.74) is -0.412. The zero-order valence-electron chi connectivity index (χ0n) is 11.1. The molecule has 0 aliphatic carbocycles. The zero-order valence-corrected chi connectivity index (χ0v) is 11.8. The summed E-state index contributed by atoms with van der Waals surface area (Å²) in [6, 6.07) is 4.21. The molecule has 0 bridgehead atoms. The predicted octanol–water partition coefficient (Wildman–Crippen LogP) is 3.09. The van der Waals surface area contributed by atoms with Crippen molar-refractivity contribution in [2.24, 2.45) is 0 Å². The van der Waals surface area contributed by atoms with Gasteiger partial charge in [0.1, 0.15) is 5.88 Å². The summed E-state index contributed by atoms with van der Waals surface area (Å²) in [6.07, 6.45) is -4.43. The quantitative estimate of drug-likeness (QED) is 0.782. The van der Waals surface area contributed by atoms with Crippen LogP contribution >= 0.6 is 11.6 Å². The van der Waals surface area contributed by atoms with Crippen LogP contribution < -0.4 is 0 Å². The number of halogens is 4. The molecule has 3 nitrogen and oxygen atoms in total. The van der Waals surface area contributed by atoms with E-state index in [-0.39, 0.29) is 18.4 Å². The number of likely N-dealkylation sites (N-methyl/N-ethyl adjacent to an activating group) is 1. The molecule has 0 heterocycles. The third-order valence-electron chi connectivity index (χ3n) is 2.90. The molecule has 0 saturated heterocycles. The maximum Gasteiger partial charge on any atom is 0.416 e. The Balaban J connectivity index is 3.12. The lowest BCUT2D eigenvalue weighted by Crippen LogP contribution is -2.34. The number of rotatable bonds is 5. The van der Waals surface area contributed by atoms with E-state index in [0.29, 0.717) is 5.56 Å². The molecule has 7 heteroatoms. The van der Waals surface area contributed by atoms with Crippen LogP contribution in [-0.4, -0.2) is 37.5 Å². The van der Waals surface area contributed by atoms with Crippen molar-refractivity contribution in [2.75, 3.05) is 26.6 Å². The lowest BCUT2D eigenvalue weighted by Gasteiger charge is -2.28. The van der Waals surface area contributed by atoms with Crippen molar-refractivity contribution in [3.8, 4) is 0 Å². The normalized spacial score (nSPS) is 13.1. The first-order valence-corrected chi connectivity index (χ1v) is 6.32. The van der Waals surface area contributed by atoms with Crippen molar-refractivity contribution in [1.29, 1.82) is 0 Å². The van der Waals surface area contributed by atoms with Gasteiger partial charge in [0, 0.05) is 14.2 Å². The molecule has 1 amide bonds. The monoisotopic (exact) mass is 309 g/mol. The zero-order chi connectivity index (χ0) is 15.3.